The Bertz CT molecular complexity index is 451. The third kappa shape index (κ3) is 5.31. The van der Waals surface area contributed by atoms with Crippen molar-refractivity contribution in [2.45, 2.75) is 13.0 Å². The van der Waals surface area contributed by atoms with Crippen molar-refractivity contribution in [3.63, 3.8) is 0 Å². The lowest BCUT2D eigenvalue weighted by Crippen LogP contribution is -2.20. The molecule has 1 aromatic carbocycles. The zero-order chi connectivity index (χ0) is 15.1. The normalized spacial score (nSPS) is 18.1. The molecule has 2 rings (SSSR count). The molecule has 6 heteroatoms. The first kappa shape index (κ1) is 16.8. The van der Waals surface area contributed by atoms with Crippen molar-refractivity contribution in [2.24, 2.45) is 5.92 Å². The molecule has 1 atom stereocenters. The number of halogens is 2. The van der Waals surface area contributed by atoms with Gasteiger partial charge in [-0.2, -0.15) is 0 Å². The van der Waals surface area contributed by atoms with E-state index in [2.05, 4.69) is 5.32 Å². The average molecular weight is 334 g/mol. The van der Waals surface area contributed by atoms with Gasteiger partial charge in [0.2, 0.25) is 0 Å². The Morgan fingerprint density at radius 2 is 2.24 bits per heavy atom. The van der Waals surface area contributed by atoms with Gasteiger partial charge in [0.1, 0.15) is 5.75 Å². The number of hydrogen-bond acceptors (Lipinski definition) is 4. The maximum atomic E-state index is 6.27. The fourth-order valence-corrected chi connectivity index (χ4v) is 2.81. The van der Waals surface area contributed by atoms with E-state index < -0.39 is 0 Å². The molecule has 0 saturated carbocycles. The number of methoxy groups -OCH3 is 1. The molecule has 1 heterocycles. The van der Waals surface area contributed by atoms with E-state index in [1.54, 1.807) is 13.2 Å². The molecule has 21 heavy (non-hydrogen) atoms. The average Bonchev–Trinajstić information content (AvgIpc) is 2.95. The Morgan fingerprint density at radius 3 is 2.95 bits per heavy atom. The molecular weight excluding hydrogens is 313 g/mol. The summed E-state index contributed by atoms with van der Waals surface area (Å²) in [5, 5.41) is 4.44. The van der Waals surface area contributed by atoms with Crippen LogP contribution in [-0.4, -0.2) is 40.1 Å². The summed E-state index contributed by atoms with van der Waals surface area (Å²) < 4.78 is 16.3. The summed E-state index contributed by atoms with van der Waals surface area (Å²) in [5.41, 5.74) is 0.961. The van der Waals surface area contributed by atoms with Crippen LogP contribution in [0.1, 0.15) is 12.0 Å². The summed E-state index contributed by atoms with van der Waals surface area (Å²) in [5.74, 6) is 1.14. The number of ether oxygens (including phenoxy) is 3. The minimum absolute atomic E-state index is 0.436. The van der Waals surface area contributed by atoms with E-state index in [1.807, 2.05) is 6.07 Å². The van der Waals surface area contributed by atoms with Crippen LogP contribution >= 0.6 is 23.2 Å². The third-order valence-electron chi connectivity index (χ3n) is 3.37. The van der Waals surface area contributed by atoms with Gasteiger partial charge in [-0.15, -0.1) is 0 Å². The molecule has 4 nitrogen and oxygen atoms in total. The molecule has 1 aliphatic rings. The highest BCUT2D eigenvalue weighted by Gasteiger charge is 2.18. The zero-order valence-electron chi connectivity index (χ0n) is 12.2. The Balaban J connectivity index is 1.98. The summed E-state index contributed by atoms with van der Waals surface area (Å²) in [7, 11) is 1.68. The predicted molar refractivity (Wildman–Crippen MR) is 84.5 cm³/mol. The van der Waals surface area contributed by atoms with E-state index >= 15 is 0 Å². The van der Waals surface area contributed by atoms with Gasteiger partial charge in [-0.3, -0.25) is 0 Å². The number of benzene rings is 1. The Morgan fingerprint density at radius 1 is 1.38 bits per heavy atom. The highest BCUT2D eigenvalue weighted by atomic mass is 35.5. The van der Waals surface area contributed by atoms with Crippen LogP contribution in [0.4, 0.5) is 0 Å². The Kier molecular flexibility index (Phi) is 7.07. The first-order valence-corrected chi connectivity index (χ1v) is 7.84. The first-order chi connectivity index (χ1) is 10.2. The molecule has 1 saturated heterocycles. The van der Waals surface area contributed by atoms with Gasteiger partial charge in [-0.05, 0) is 18.6 Å². The van der Waals surface area contributed by atoms with Crippen LogP contribution in [0.15, 0.2) is 12.1 Å². The van der Waals surface area contributed by atoms with Crippen LogP contribution in [0.25, 0.3) is 0 Å². The molecule has 118 valence electrons. The summed E-state index contributed by atoms with van der Waals surface area (Å²) >= 11 is 12.3. The predicted octanol–water partition coefficient (Wildman–Crippen LogP) is 3.14. The molecule has 1 unspecified atom stereocenters. The van der Waals surface area contributed by atoms with Gasteiger partial charge in [0, 0.05) is 43.3 Å². The summed E-state index contributed by atoms with van der Waals surface area (Å²) in [6.07, 6.45) is 1.03. The van der Waals surface area contributed by atoms with Crippen molar-refractivity contribution >= 4 is 23.2 Å². The van der Waals surface area contributed by atoms with Crippen molar-refractivity contribution in [3.8, 4) is 5.75 Å². The Hall–Kier alpha value is -0.520. The van der Waals surface area contributed by atoms with E-state index in [1.165, 1.54) is 0 Å². The van der Waals surface area contributed by atoms with Crippen LogP contribution in [-0.2, 0) is 16.0 Å². The van der Waals surface area contributed by atoms with Crippen LogP contribution in [0.5, 0.6) is 5.75 Å². The molecule has 1 N–H and O–H groups in total. The van der Waals surface area contributed by atoms with E-state index in [9.17, 15) is 0 Å². The van der Waals surface area contributed by atoms with Crippen molar-refractivity contribution in [1.29, 1.82) is 0 Å². The van der Waals surface area contributed by atoms with Gasteiger partial charge >= 0.3 is 0 Å². The third-order valence-corrected chi connectivity index (χ3v) is 3.87. The van der Waals surface area contributed by atoms with Crippen LogP contribution in [0, 0.1) is 5.92 Å². The Labute approximate surface area is 135 Å². The molecule has 0 amide bonds. The summed E-state index contributed by atoms with van der Waals surface area (Å²) in [6, 6.07) is 3.59. The monoisotopic (exact) mass is 333 g/mol. The molecular formula is C15H21Cl2NO3. The number of nitrogens with one attached hydrogen (secondary N) is 1. The highest BCUT2D eigenvalue weighted by Crippen LogP contribution is 2.33. The van der Waals surface area contributed by atoms with Crippen molar-refractivity contribution in [1.82, 2.24) is 5.32 Å². The second-order valence-electron chi connectivity index (χ2n) is 5.09. The first-order valence-electron chi connectivity index (χ1n) is 7.09. The van der Waals surface area contributed by atoms with E-state index in [4.69, 9.17) is 37.4 Å². The number of hydrogen-bond donors (Lipinski definition) is 1. The molecule has 1 aliphatic heterocycles. The van der Waals surface area contributed by atoms with Gasteiger partial charge in [0.05, 0.1) is 24.8 Å². The molecule has 0 bridgehead atoms. The minimum Gasteiger partial charge on any atom is -0.491 e. The van der Waals surface area contributed by atoms with Crippen molar-refractivity contribution < 1.29 is 14.2 Å². The van der Waals surface area contributed by atoms with Crippen molar-refractivity contribution in [2.75, 3.05) is 40.1 Å². The number of rotatable bonds is 8. The summed E-state index contributed by atoms with van der Waals surface area (Å²) in [6.45, 7) is 4.24. The molecule has 0 radical (unpaired) electrons. The van der Waals surface area contributed by atoms with Gasteiger partial charge in [0.15, 0.2) is 0 Å². The van der Waals surface area contributed by atoms with Crippen LogP contribution < -0.4 is 10.1 Å². The van der Waals surface area contributed by atoms with Gasteiger partial charge in [-0.1, -0.05) is 23.2 Å². The molecule has 0 aliphatic carbocycles. The zero-order valence-corrected chi connectivity index (χ0v) is 13.7. The molecule has 0 spiro atoms. The molecule has 0 aromatic heterocycles. The van der Waals surface area contributed by atoms with Crippen LogP contribution in [0.3, 0.4) is 0 Å². The topological polar surface area (TPSA) is 39.7 Å². The van der Waals surface area contributed by atoms with Crippen molar-refractivity contribution in [3.05, 3.63) is 27.7 Å². The lowest BCUT2D eigenvalue weighted by Gasteiger charge is -2.16. The standard InChI is InChI=1S/C15H21Cl2NO3/c1-19-5-3-18-8-12-6-13(16)7-14(17)15(12)21-10-11-2-4-20-9-11/h6-7,11,18H,2-5,8-10H2,1H3. The second-order valence-corrected chi connectivity index (χ2v) is 5.93. The van der Waals surface area contributed by atoms with Gasteiger partial charge in [-0.25, -0.2) is 0 Å². The lowest BCUT2D eigenvalue weighted by atomic mass is 10.1. The lowest BCUT2D eigenvalue weighted by molar-refractivity contribution is 0.166. The molecule has 1 fully saturated rings. The highest BCUT2D eigenvalue weighted by molar-refractivity contribution is 6.35. The fraction of sp³-hybridized carbons (Fsp3) is 0.600. The minimum atomic E-state index is 0.436. The smallest absolute Gasteiger partial charge is 0.142 e. The largest absolute Gasteiger partial charge is 0.491 e. The summed E-state index contributed by atoms with van der Waals surface area (Å²) in [4.78, 5) is 0. The van der Waals surface area contributed by atoms with E-state index in [-0.39, 0.29) is 0 Å². The SMILES string of the molecule is COCCNCc1cc(Cl)cc(Cl)c1OCC1CCOC1. The van der Waals surface area contributed by atoms with E-state index in [0.29, 0.717) is 41.5 Å². The van der Waals surface area contributed by atoms with Crippen LogP contribution in [0.2, 0.25) is 10.0 Å². The second kappa shape index (κ2) is 8.81. The van der Waals surface area contributed by atoms with E-state index in [0.717, 1.165) is 31.7 Å². The van der Waals surface area contributed by atoms with Gasteiger partial charge in [0.25, 0.3) is 0 Å². The van der Waals surface area contributed by atoms with Gasteiger partial charge < -0.3 is 19.5 Å². The fourth-order valence-electron chi connectivity index (χ4n) is 2.22. The molecule has 1 aromatic rings. The maximum Gasteiger partial charge on any atom is 0.142 e. The maximum absolute atomic E-state index is 6.27. The quantitative estimate of drug-likeness (QED) is 0.742.